The van der Waals surface area contributed by atoms with Crippen molar-refractivity contribution in [1.82, 2.24) is 15.2 Å². The number of halogens is 1. The van der Waals surface area contributed by atoms with Gasteiger partial charge in [-0.05, 0) is 36.6 Å². The van der Waals surface area contributed by atoms with Gasteiger partial charge >= 0.3 is 5.69 Å². The molecule has 0 unspecified atom stereocenters. The zero-order valence-corrected chi connectivity index (χ0v) is 10.9. The third kappa shape index (κ3) is 2.94. The molecule has 0 bridgehead atoms. The smallest absolute Gasteiger partial charge is 0.312 e. The Bertz CT molecular complexity index is 648. The number of rotatable bonds is 3. The molecule has 0 amide bonds. The fourth-order valence-corrected chi connectivity index (χ4v) is 1.75. The molecule has 98 valence electrons. The summed E-state index contributed by atoms with van der Waals surface area (Å²) < 4.78 is 5.40. The number of nitrogens with zero attached hydrogens (tertiary/aromatic N) is 4. The van der Waals surface area contributed by atoms with E-state index in [-0.39, 0.29) is 22.6 Å². The molecule has 0 atom stereocenters. The van der Waals surface area contributed by atoms with Gasteiger partial charge in [-0.2, -0.15) is 10.1 Å². The summed E-state index contributed by atoms with van der Waals surface area (Å²) in [6, 6.07) is 3.21. The highest BCUT2D eigenvalue weighted by Crippen LogP contribution is 2.34. The second-order valence-corrected chi connectivity index (χ2v) is 4.19. The van der Waals surface area contributed by atoms with Crippen LogP contribution in [0.4, 0.5) is 5.69 Å². The van der Waals surface area contributed by atoms with Crippen molar-refractivity contribution in [2.75, 3.05) is 0 Å². The lowest BCUT2D eigenvalue weighted by Gasteiger charge is -2.08. The molecule has 0 spiro atoms. The third-order valence-electron chi connectivity index (χ3n) is 2.31. The number of nitro groups is 1. The minimum Gasteiger partial charge on any atom is -0.430 e. The molecular formula is C11H9ClN4O3. The van der Waals surface area contributed by atoms with Gasteiger partial charge in [0.2, 0.25) is 16.9 Å². The van der Waals surface area contributed by atoms with Gasteiger partial charge in [0.1, 0.15) is 6.20 Å². The Morgan fingerprint density at radius 2 is 2.11 bits per heavy atom. The molecule has 0 aliphatic rings. The topological polar surface area (TPSA) is 91.0 Å². The van der Waals surface area contributed by atoms with Gasteiger partial charge in [0.05, 0.1) is 4.92 Å². The van der Waals surface area contributed by atoms with E-state index in [4.69, 9.17) is 16.3 Å². The van der Waals surface area contributed by atoms with Gasteiger partial charge < -0.3 is 4.74 Å². The minimum absolute atomic E-state index is 0.0510. The van der Waals surface area contributed by atoms with E-state index in [1.807, 2.05) is 0 Å². The molecule has 0 fully saturated rings. The van der Waals surface area contributed by atoms with Crippen LogP contribution in [0.1, 0.15) is 11.1 Å². The first-order valence-electron chi connectivity index (χ1n) is 5.26. The number of aromatic nitrogens is 3. The normalized spacial score (nSPS) is 10.3. The van der Waals surface area contributed by atoms with Crippen molar-refractivity contribution in [3.8, 4) is 11.6 Å². The van der Waals surface area contributed by atoms with E-state index >= 15 is 0 Å². The lowest BCUT2D eigenvalue weighted by atomic mass is 10.1. The summed E-state index contributed by atoms with van der Waals surface area (Å²) in [5.74, 6) is 0.169. The molecule has 0 N–H and O–H groups in total. The lowest BCUT2D eigenvalue weighted by molar-refractivity contribution is -0.385. The Labute approximate surface area is 113 Å². The van der Waals surface area contributed by atoms with Crippen molar-refractivity contribution < 1.29 is 9.66 Å². The van der Waals surface area contributed by atoms with Crippen molar-refractivity contribution in [2.24, 2.45) is 0 Å². The van der Waals surface area contributed by atoms with Crippen molar-refractivity contribution in [3.63, 3.8) is 0 Å². The molecule has 8 heteroatoms. The monoisotopic (exact) mass is 280 g/mol. The highest BCUT2D eigenvalue weighted by molar-refractivity contribution is 6.28. The Morgan fingerprint density at radius 3 is 2.74 bits per heavy atom. The van der Waals surface area contributed by atoms with E-state index in [1.54, 1.807) is 19.9 Å². The van der Waals surface area contributed by atoms with Crippen molar-refractivity contribution >= 4 is 17.3 Å². The summed E-state index contributed by atoms with van der Waals surface area (Å²) in [6.45, 7) is 3.48. The number of aryl methyl sites for hydroxylation is 2. The first kappa shape index (κ1) is 13.2. The van der Waals surface area contributed by atoms with Crippen molar-refractivity contribution in [3.05, 3.63) is 44.9 Å². The first-order chi connectivity index (χ1) is 8.97. The molecule has 0 saturated heterocycles. The van der Waals surface area contributed by atoms with E-state index in [2.05, 4.69) is 15.2 Å². The fraction of sp³-hybridized carbons (Fsp3) is 0.182. The Morgan fingerprint density at radius 1 is 1.37 bits per heavy atom. The molecule has 2 aromatic rings. The maximum absolute atomic E-state index is 11.0. The predicted molar refractivity (Wildman–Crippen MR) is 67.5 cm³/mol. The van der Waals surface area contributed by atoms with Crippen LogP contribution in [0.5, 0.6) is 11.6 Å². The van der Waals surface area contributed by atoms with Crippen molar-refractivity contribution in [2.45, 2.75) is 13.8 Å². The molecule has 1 aromatic carbocycles. The molecule has 0 saturated carbocycles. The van der Waals surface area contributed by atoms with Gasteiger partial charge in [0.15, 0.2) is 0 Å². The van der Waals surface area contributed by atoms with Crippen LogP contribution in [0.15, 0.2) is 18.3 Å². The van der Waals surface area contributed by atoms with Gasteiger partial charge in [-0.15, -0.1) is 5.10 Å². The van der Waals surface area contributed by atoms with E-state index in [9.17, 15) is 10.1 Å². The predicted octanol–water partition coefficient (Wildman–Crippen LogP) is 2.84. The summed E-state index contributed by atoms with van der Waals surface area (Å²) >= 11 is 5.58. The second kappa shape index (κ2) is 5.15. The zero-order chi connectivity index (χ0) is 14.0. The van der Waals surface area contributed by atoms with Crippen molar-refractivity contribution in [1.29, 1.82) is 0 Å². The van der Waals surface area contributed by atoms with Crippen LogP contribution in [0.3, 0.4) is 0 Å². The molecular weight excluding hydrogens is 272 g/mol. The molecule has 0 aliphatic heterocycles. The van der Waals surface area contributed by atoms with Crippen LogP contribution in [-0.2, 0) is 0 Å². The van der Waals surface area contributed by atoms with E-state index < -0.39 is 4.92 Å². The second-order valence-electron chi connectivity index (χ2n) is 3.85. The fourth-order valence-electron chi connectivity index (χ4n) is 1.62. The largest absolute Gasteiger partial charge is 0.430 e. The Balaban J connectivity index is 2.47. The number of hydrogen-bond acceptors (Lipinski definition) is 6. The summed E-state index contributed by atoms with van der Waals surface area (Å²) in [6.07, 6.45) is 1.23. The average molecular weight is 281 g/mol. The average Bonchev–Trinajstić information content (AvgIpc) is 2.32. The summed E-state index contributed by atoms with van der Waals surface area (Å²) in [7, 11) is 0. The van der Waals surface area contributed by atoms with Gasteiger partial charge in [-0.25, -0.2) is 0 Å². The van der Waals surface area contributed by atoms with Gasteiger partial charge in [0, 0.05) is 6.07 Å². The minimum atomic E-state index is -0.508. The summed E-state index contributed by atoms with van der Waals surface area (Å²) in [5, 5.41) is 18.0. The molecule has 2 rings (SSSR count). The van der Waals surface area contributed by atoms with Crippen LogP contribution >= 0.6 is 11.6 Å². The number of benzene rings is 1. The molecule has 7 nitrogen and oxygen atoms in total. The number of nitro benzene ring substituents is 1. The molecule has 0 aliphatic carbocycles. The van der Waals surface area contributed by atoms with Gasteiger partial charge in [-0.3, -0.25) is 10.1 Å². The quantitative estimate of drug-likeness (QED) is 0.634. The van der Waals surface area contributed by atoms with E-state index in [0.29, 0.717) is 5.56 Å². The molecule has 1 heterocycles. The van der Waals surface area contributed by atoms with E-state index in [1.165, 1.54) is 12.3 Å². The SMILES string of the molecule is Cc1cc(C)c(Oc2cnnc(Cl)n2)c([N+](=O)[O-])c1. The summed E-state index contributed by atoms with van der Waals surface area (Å²) in [4.78, 5) is 14.3. The standard InChI is InChI=1S/C11H9ClN4O3/c1-6-3-7(2)10(8(4-6)16(17)18)19-9-5-13-15-11(12)14-9/h3-5H,1-2H3. The molecule has 0 radical (unpaired) electrons. The van der Waals surface area contributed by atoms with E-state index in [0.717, 1.165) is 5.56 Å². The summed E-state index contributed by atoms with van der Waals surface area (Å²) in [5.41, 5.74) is 1.27. The molecule has 19 heavy (non-hydrogen) atoms. The maximum atomic E-state index is 11.0. The zero-order valence-electron chi connectivity index (χ0n) is 10.1. The first-order valence-corrected chi connectivity index (χ1v) is 5.64. The van der Waals surface area contributed by atoms with Crippen LogP contribution in [0, 0.1) is 24.0 Å². The molecule has 1 aromatic heterocycles. The van der Waals surface area contributed by atoms with Gasteiger partial charge in [-0.1, -0.05) is 6.07 Å². The van der Waals surface area contributed by atoms with Crippen LogP contribution in [-0.4, -0.2) is 20.1 Å². The number of hydrogen-bond donors (Lipinski definition) is 0. The van der Waals surface area contributed by atoms with Crippen LogP contribution < -0.4 is 4.74 Å². The lowest BCUT2D eigenvalue weighted by Crippen LogP contribution is -1.99. The van der Waals surface area contributed by atoms with Gasteiger partial charge in [0.25, 0.3) is 0 Å². The van der Waals surface area contributed by atoms with Crippen LogP contribution in [0.2, 0.25) is 5.28 Å². The van der Waals surface area contributed by atoms with Crippen LogP contribution in [0.25, 0.3) is 0 Å². The number of ether oxygens (including phenoxy) is 1. The maximum Gasteiger partial charge on any atom is 0.312 e. The Hall–Kier alpha value is -2.28. The highest BCUT2D eigenvalue weighted by atomic mass is 35.5. The Kier molecular flexibility index (Phi) is 3.57. The highest BCUT2D eigenvalue weighted by Gasteiger charge is 2.20. The third-order valence-corrected chi connectivity index (χ3v) is 2.47.